The van der Waals surface area contributed by atoms with E-state index in [4.69, 9.17) is 4.42 Å². The van der Waals surface area contributed by atoms with E-state index in [1.165, 1.54) is 11.3 Å². The third-order valence-electron chi connectivity index (χ3n) is 4.00. The molecule has 0 saturated heterocycles. The van der Waals surface area contributed by atoms with Gasteiger partial charge in [-0.1, -0.05) is 30.3 Å². The van der Waals surface area contributed by atoms with Crippen LogP contribution in [0.2, 0.25) is 0 Å². The molecule has 1 atom stereocenters. The van der Waals surface area contributed by atoms with Crippen molar-refractivity contribution in [2.45, 2.75) is 6.17 Å². The van der Waals surface area contributed by atoms with E-state index >= 15 is 0 Å². The standard InChI is InChI=1S/C19H15N3O3/c23-18(13-7-2-1-3-8-13)21-22-17(16-11-6-12-25-16)20-15-10-5-4-9-14(15)19(22)24/h1-12,17,20H,(H,21,23)/t17-/m0/s1. The predicted octanol–water partition coefficient (Wildman–Crippen LogP) is 3.19. The van der Waals surface area contributed by atoms with E-state index in [2.05, 4.69) is 10.7 Å². The van der Waals surface area contributed by atoms with Crippen LogP contribution in [0.3, 0.4) is 0 Å². The zero-order chi connectivity index (χ0) is 17.2. The molecule has 6 nitrogen and oxygen atoms in total. The van der Waals surface area contributed by atoms with Gasteiger partial charge >= 0.3 is 0 Å². The lowest BCUT2D eigenvalue weighted by Crippen LogP contribution is -2.52. The monoisotopic (exact) mass is 333 g/mol. The number of rotatable bonds is 3. The molecule has 0 bridgehead atoms. The Morgan fingerprint density at radius 3 is 2.52 bits per heavy atom. The van der Waals surface area contributed by atoms with Crippen LogP contribution in [0, 0.1) is 0 Å². The van der Waals surface area contributed by atoms with E-state index in [1.54, 1.807) is 48.5 Å². The number of carbonyl (C=O) groups is 2. The first-order valence-corrected chi connectivity index (χ1v) is 7.82. The summed E-state index contributed by atoms with van der Waals surface area (Å²) in [5, 5.41) is 4.49. The number of amides is 2. The number of carbonyl (C=O) groups excluding carboxylic acids is 2. The first kappa shape index (κ1) is 15.0. The van der Waals surface area contributed by atoms with E-state index in [-0.39, 0.29) is 11.8 Å². The van der Waals surface area contributed by atoms with Crippen LogP contribution in [0.15, 0.2) is 77.4 Å². The fourth-order valence-corrected chi connectivity index (χ4v) is 2.78. The SMILES string of the molecule is O=C(NN1C(=O)c2ccccc2N[C@@H]1c1ccco1)c1ccccc1. The summed E-state index contributed by atoms with van der Waals surface area (Å²) >= 11 is 0. The highest BCUT2D eigenvalue weighted by atomic mass is 16.3. The number of hydrogen-bond acceptors (Lipinski definition) is 4. The molecule has 1 aliphatic heterocycles. The Bertz CT molecular complexity index is 907. The molecule has 1 aromatic heterocycles. The Kier molecular flexibility index (Phi) is 3.70. The van der Waals surface area contributed by atoms with Crippen LogP contribution in [0.25, 0.3) is 0 Å². The summed E-state index contributed by atoms with van der Waals surface area (Å²) in [5.41, 5.74) is 4.33. The molecule has 1 aliphatic rings. The Hall–Kier alpha value is -3.54. The third kappa shape index (κ3) is 2.74. The fraction of sp³-hybridized carbons (Fsp3) is 0.0526. The van der Waals surface area contributed by atoms with Gasteiger partial charge in [-0.05, 0) is 36.4 Å². The van der Waals surface area contributed by atoms with Gasteiger partial charge in [0, 0.05) is 11.3 Å². The Morgan fingerprint density at radius 1 is 1.00 bits per heavy atom. The zero-order valence-electron chi connectivity index (χ0n) is 13.2. The predicted molar refractivity (Wildman–Crippen MR) is 91.6 cm³/mol. The molecule has 0 saturated carbocycles. The molecule has 0 unspecified atom stereocenters. The molecule has 3 aromatic rings. The summed E-state index contributed by atoms with van der Waals surface area (Å²) in [4.78, 5) is 25.4. The maximum absolute atomic E-state index is 12.9. The van der Waals surface area contributed by atoms with E-state index in [1.807, 2.05) is 18.2 Å². The van der Waals surface area contributed by atoms with Crippen LogP contribution >= 0.6 is 0 Å². The van der Waals surface area contributed by atoms with Crippen molar-refractivity contribution >= 4 is 17.5 Å². The Balaban J connectivity index is 1.70. The Labute approximate surface area is 144 Å². The van der Waals surface area contributed by atoms with Crippen LogP contribution in [0.4, 0.5) is 5.69 Å². The second kappa shape index (κ2) is 6.16. The van der Waals surface area contributed by atoms with Crippen molar-refractivity contribution in [1.82, 2.24) is 10.4 Å². The van der Waals surface area contributed by atoms with Crippen molar-refractivity contribution < 1.29 is 14.0 Å². The van der Waals surface area contributed by atoms with Crippen molar-refractivity contribution in [3.8, 4) is 0 Å². The average molecular weight is 333 g/mol. The van der Waals surface area contributed by atoms with Gasteiger partial charge in [0.15, 0.2) is 6.17 Å². The van der Waals surface area contributed by atoms with Gasteiger partial charge in [-0.2, -0.15) is 0 Å². The van der Waals surface area contributed by atoms with Crippen LogP contribution in [0.5, 0.6) is 0 Å². The smallest absolute Gasteiger partial charge is 0.276 e. The van der Waals surface area contributed by atoms with Crippen molar-refractivity contribution in [3.05, 3.63) is 89.9 Å². The van der Waals surface area contributed by atoms with Gasteiger partial charge in [0.1, 0.15) is 5.76 Å². The molecule has 0 fully saturated rings. The summed E-state index contributed by atoms with van der Waals surface area (Å²) in [6.07, 6.45) is 0.893. The number of nitrogens with zero attached hydrogens (tertiary/aromatic N) is 1. The minimum atomic E-state index is -0.634. The molecular formula is C19H15N3O3. The van der Waals surface area contributed by atoms with Crippen molar-refractivity contribution in [3.63, 3.8) is 0 Å². The van der Waals surface area contributed by atoms with Crippen LogP contribution in [-0.4, -0.2) is 16.8 Å². The minimum absolute atomic E-state index is 0.306. The van der Waals surface area contributed by atoms with E-state index in [0.29, 0.717) is 22.6 Å². The minimum Gasteiger partial charge on any atom is -0.465 e. The normalized spacial score (nSPS) is 16.1. The Morgan fingerprint density at radius 2 is 1.76 bits per heavy atom. The van der Waals surface area contributed by atoms with Gasteiger partial charge in [-0.15, -0.1) is 0 Å². The summed E-state index contributed by atoms with van der Waals surface area (Å²) in [5.74, 6) is -0.150. The summed E-state index contributed by atoms with van der Waals surface area (Å²) in [7, 11) is 0. The molecule has 124 valence electrons. The maximum Gasteiger partial charge on any atom is 0.276 e. The lowest BCUT2D eigenvalue weighted by atomic mass is 10.1. The number of fused-ring (bicyclic) bond motifs is 1. The van der Waals surface area contributed by atoms with E-state index < -0.39 is 6.17 Å². The lowest BCUT2D eigenvalue weighted by Gasteiger charge is -2.36. The summed E-state index contributed by atoms with van der Waals surface area (Å²) in [6.45, 7) is 0. The van der Waals surface area contributed by atoms with Crippen LogP contribution in [-0.2, 0) is 0 Å². The molecule has 0 spiro atoms. The van der Waals surface area contributed by atoms with Gasteiger partial charge in [-0.25, -0.2) is 5.01 Å². The van der Waals surface area contributed by atoms with E-state index in [9.17, 15) is 9.59 Å². The van der Waals surface area contributed by atoms with Crippen LogP contribution < -0.4 is 10.7 Å². The highest BCUT2D eigenvalue weighted by Crippen LogP contribution is 2.32. The molecule has 2 heterocycles. The highest BCUT2D eigenvalue weighted by Gasteiger charge is 2.35. The van der Waals surface area contributed by atoms with Crippen molar-refractivity contribution in [2.75, 3.05) is 5.32 Å². The number of furan rings is 1. The molecule has 2 aromatic carbocycles. The number of anilines is 1. The van der Waals surface area contributed by atoms with Crippen LogP contribution in [0.1, 0.15) is 32.6 Å². The third-order valence-corrected chi connectivity index (χ3v) is 4.00. The van der Waals surface area contributed by atoms with Gasteiger partial charge in [0.05, 0.1) is 11.8 Å². The summed E-state index contributed by atoms with van der Waals surface area (Å²) in [6, 6.07) is 19.4. The van der Waals surface area contributed by atoms with Crippen molar-refractivity contribution in [1.29, 1.82) is 0 Å². The molecule has 6 heteroatoms. The molecule has 0 aliphatic carbocycles. The molecule has 25 heavy (non-hydrogen) atoms. The number of nitrogens with one attached hydrogen (secondary N) is 2. The first-order valence-electron chi connectivity index (χ1n) is 7.82. The highest BCUT2D eigenvalue weighted by molar-refractivity contribution is 6.03. The van der Waals surface area contributed by atoms with Crippen molar-refractivity contribution in [2.24, 2.45) is 0 Å². The largest absolute Gasteiger partial charge is 0.465 e. The summed E-state index contributed by atoms with van der Waals surface area (Å²) < 4.78 is 5.45. The number of hydrogen-bond donors (Lipinski definition) is 2. The lowest BCUT2D eigenvalue weighted by molar-refractivity contribution is 0.0467. The van der Waals surface area contributed by atoms with Gasteiger partial charge in [0.2, 0.25) is 0 Å². The fourth-order valence-electron chi connectivity index (χ4n) is 2.78. The number of para-hydroxylation sites is 1. The molecule has 2 N–H and O–H groups in total. The quantitative estimate of drug-likeness (QED) is 0.772. The number of benzene rings is 2. The molecular weight excluding hydrogens is 318 g/mol. The maximum atomic E-state index is 12.9. The average Bonchev–Trinajstić information content (AvgIpc) is 3.19. The zero-order valence-corrected chi connectivity index (χ0v) is 13.2. The first-order chi connectivity index (χ1) is 12.2. The second-order valence-electron chi connectivity index (χ2n) is 5.59. The van der Waals surface area contributed by atoms with Gasteiger partial charge < -0.3 is 9.73 Å². The molecule has 4 rings (SSSR count). The second-order valence-corrected chi connectivity index (χ2v) is 5.59. The topological polar surface area (TPSA) is 74.6 Å². The molecule has 2 amide bonds. The van der Waals surface area contributed by atoms with Gasteiger partial charge in [-0.3, -0.25) is 15.0 Å². The molecule has 0 radical (unpaired) electrons. The number of hydrazine groups is 1. The van der Waals surface area contributed by atoms with E-state index in [0.717, 1.165) is 0 Å². The van der Waals surface area contributed by atoms with Gasteiger partial charge in [0.25, 0.3) is 11.8 Å².